The SMILES string of the molecule is COC(=O)c1cccc(-c2ccc(CNC(=O)C3CC3c3ccccc3)c3c2CCN(C(=O)C2(N)CC2)C3)c1. The van der Waals surface area contributed by atoms with Crippen molar-refractivity contribution in [2.45, 2.75) is 50.2 Å². The fourth-order valence-electron chi connectivity index (χ4n) is 5.81. The molecule has 3 aromatic carbocycles. The number of esters is 1. The molecular weight excluding hydrogens is 490 g/mol. The minimum Gasteiger partial charge on any atom is -0.465 e. The van der Waals surface area contributed by atoms with Crippen molar-refractivity contribution >= 4 is 17.8 Å². The number of benzene rings is 3. The number of hydrogen-bond donors (Lipinski definition) is 2. The van der Waals surface area contributed by atoms with Crippen LogP contribution >= 0.6 is 0 Å². The van der Waals surface area contributed by atoms with E-state index in [4.69, 9.17) is 10.5 Å². The number of methoxy groups -OCH3 is 1. The van der Waals surface area contributed by atoms with Crippen molar-refractivity contribution in [3.8, 4) is 11.1 Å². The Morgan fingerprint density at radius 2 is 1.82 bits per heavy atom. The third kappa shape index (κ3) is 4.94. The molecule has 3 aliphatic rings. The Bertz CT molecular complexity index is 1450. The first-order valence-corrected chi connectivity index (χ1v) is 13.6. The maximum absolute atomic E-state index is 13.1. The van der Waals surface area contributed by atoms with Gasteiger partial charge in [0.05, 0.1) is 18.2 Å². The maximum Gasteiger partial charge on any atom is 0.337 e. The smallest absolute Gasteiger partial charge is 0.337 e. The zero-order chi connectivity index (χ0) is 27.1. The summed E-state index contributed by atoms with van der Waals surface area (Å²) in [4.78, 5) is 40.2. The first-order valence-electron chi connectivity index (χ1n) is 13.6. The minimum atomic E-state index is -0.725. The van der Waals surface area contributed by atoms with E-state index in [1.54, 1.807) is 6.07 Å². The summed E-state index contributed by atoms with van der Waals surface area (Å²) in [5.41, 5.74) is 12.4. The van der Waals surface area contributed by atoms with Crippen LogP contribution in [0.15, 0.2) is 66.7 Å². The number of carbonyl (C=O) groups excluding carboxylic acids is 3. The van der Waals surface area contributed by atoms with Gasteiger partial charge < -0.3 is 20.7 Å². The van der Waals surface area contributed by atoms with Crippen LogP contribution in [0.1, 0.15) is 57.8 Å². The van der Waals surface area contributed by atoms with Crippen LogP contribution in [0.2, 0.25) is 0 Å². The molecule has 0 aromatic heterocycles. The second kappa shape index (κ2) is 9.97. The summed E-state index contributed by atoms with van der Waals surface area (Å²) >= 11 is 0. The van der Waals surface area contributed by atoms with Crippen LogP contribution in [0, 0.1) is 5.92 Å². The highest BCUT2D eigenvalue weighted by molar-refractivity contribution is 5.92. The molecule has 0 saturated heterocycles. The third-order valence-corrected chi connectivity index (χ3v) is 8.41. The molecule has 0 spiro atoms. The summed E-state index contributed by atoms with van der Waals surface area (Å²) in [6.45, 7) is 1.45. The van der Waals surface area contributed by atoms with E-state index in [-0.39, 0.29) is 29.6 Å². The average Bonchev–Trinajstić information content (AvgIpc) is 3.92. The van der Waals surface area contributed by atoms with Crippen LogP contribution in [0.4, 0.5) is 0 Å². The molecule has 6 rings (SSSR count). The van der Waals surface area contributed by atoms with E-state index in [1.807, 2.05) is 47.4 Å². The number of fused-ring (bicyclic) bond motifs is 1. The van der Waals surface area contributed by atoms with Crippen LogP contribution in [-0.4, -0.2) is 41.9 Å². The quantitative estimate of drug-likeness (QED) is 0.457. The molecule has 2 aliphatic carbocycles. The van der Waals surface area contributed by atoms with E-state index in [1.165, 1.54) is 12.7 Å². The molecule has 7 nitrogen and oxygen atoms in total. The van der Waals surface area contributed by atoms with Crippen molar-refractivity contribution in [2.75, 3.05) is 13.7 Å². The van der Waals surface area contributed by atoms with Crippen LogP contribution in [-0.2, 0) is 33.8 Å². The number of nitrogens with zero attached hydrogens (tertiary/aromatic N) is 1. The molecular formula is C32H33N3O4. The van der Waals surface area contributed by atoms with Gasteiger partial charge in [-0.3, -0.25) is 9.59 Å². The lowest BCUT2D eigenvalue weighted by Gasteiger charge is -2.33. The molecule has 0 radical (unpaired) electrons. The molecule has 1 heterocycles. The number of rotatable bonds is 7. The molecule has 3 N–H and O–H groups in total. The number of ether oxygens (including phenoxy) is 1. The Balaban J connectivity index is 1.27. The molecule has 0 bridgehead atoms. The maximum atomic E-state index is 13.1. The van der Waals surface area contributed by atoms with Gasteiger partial charge in [-0.05, 0) is 77.1 Å². The lowest BCUT2D eigenvalue weighted by atomic mass is 9.87. The molecule has 2 fully saturated rings. The predicted molar refractivity (Wildman–Crippen MR) is 148 cm³/mol. The van der Waals surface area contributed by atoms with E-state index >= 15 is 0 Å². The predicted octanol–water partition coefficient (Wildman–Crippen LogP) is 3.94. The van der Waals surface area contributed by atoms with Gasteiger partial charge in [0.25, 0.3) is 0 Å². The van der Waals surface area contributed by atoms with Gasteiger partial charge in [0.1, 0.15) is 0 Å². The highest BCUT2D eigenvalue weighted by Crippen LogP contribution is 2.47. The Hall–Kier alpha value is -3.97. The largest absolute Gasteiger partial charge is 0.465 e. The standard InChI is InChI=1S/C32H33N3O4/c1-39-30(37)22-9-5-8-21(16-22)24-11-10-23(18-34-29(36)27-17-26(27)20-6-3-2-4-7-20)28-19-35(15-12-25(24)28)31(38)32(33)13-14-32/h2-11,16,26-27H,12-15,17-19,33H2,1H3,(H,34,36). The van der Waals surface area contributed by atoms with Crippen molar-refractivity contribution in [1.82, 2.24) is 10.2 Å². The van der Waals surface area contributed by atoms with Crippen molar-refractivity contribution in [1.29, 1.82) is 0 Å². The Morgan fingerprint density at radius 3 is 2.56 bits per heavy atom. The first kappa shape index (κ1) is 25.3. The van der Waals surface area contributed by atoms with Crippen molar-refractivity contribution < 1.29 is 19.1 Å². The van der Waals surface area contributed by atoms with Gasteiger partial charge in [-0.15, -0.1) is 0 Å². The normalized spacial score (nSPS) is 20.5. The number of nitrogens with one attached hydrogen (secondary N) is 1. The number of carbonyl (C=O) groups is 3. The highest BCUT2D eigenvalue weighted by atomic mass is 16.5. The lowest BCUT2D eigenvalue weighted by molar-refractivity contribution is -0.134. The van der Waals surface area contributed by atoms with Crippen LogP contribution in [0.5, 0.6) is 0 Å². The van der Waals surface area contributed by atoms with E-state index in [9.17, 15) is 14.4 Å². The molecule has 7 heteroatoms. The summed E-state index contributed by atoms with van der Waals surface area (Å²) in [6, 6.07) is 21.7. The molecule has 3 aromatic rings. The number of hydrogen-bond acceptors (Lipinski definition) is 5. The highest BCUT2D eigenvalue weighted by Gasteiger charge is 2.48. The summed E-state index contributed by atoms with van der Waals surface area (Å²) in [5, 5.41) is 3.16. The Labute approximate surface area is 228 Å². The monoisotopic (exact) mass is 523 g/mol. The minimum absolute atomic E-state index is 0.00455. The number of amides is 2. The first-order chi connectivity index (χ1) is 18.9. The van der Waals surface area contributed by atoms with Crippen LogP contribution < -0.4 is 11.1 Å². The van der Waals surface area contributed by atoms with Gasteiger partial charge in [-0.25, -0.2) is 4.79 Å². The zero-order valence-electron chi connectivity index (χ0n) is 22.1. The molecule has 2 unspecified atom stereocenters. The van der Waals surface area contributed by atoms with E-state index in [2.05, 4.69) is 23.5 Å². The fourth-order valence-corrected chi connectivity index (χ4v) is 5.81. The van der Waals surface area contributed by atoms with E-state index in [0.717, 1.165) is 47.1 Å². The zero-order valence-corrected chi connectivity index (χ0v) is 22.1. The van der Waals surface area contributed by atoms with Gasteiger partial charge >= 0.3 is 5.97 Å². The second-order valence-electron chi connectivity index (χ2n) is 11.0. The molecule has 200 valence electrons. The summed E-state index contributed by atoms with van der Waals surface area (Å²) in [5.74, 6) is -0.0426. The van der Waals surface area contributed by atoms with E-state index in [0.29, 0.717) is 31.6 Å². The van der Waals surface area contributed by atoms with Crippen LogP contribution in [0.25, 0.3) is 11.1 Å². The molecule has 39 heavy (non-hydrogen) atoms. The molecule has 2 saturated carbocycles. The van der Waals surface area contributed by atoms with Crippen molar-refractivity contribution in [3.63, 3.8) is 0 Å². The molecule has 1 aliphatic heterocycles. The fraction of sp³-hybridized carbons (Fsp3) is 0.344. The van der Waals surface area contributed by atoms with Gasteiger partial charge in [0.15, 0.2) is 0 Å². The third-order valence-electron chi connectivity index (χ3n) is 8.41. The van der Waals surface area contributed by atoms with Gasteiger partial charge in [-0.2, -0.15) is 0 Å². The lowest BCUT2D eigenvalue weighted by Crippen LogP contribution is -2.47. The van der Waals surface area contributed by atoms with Gasteiger partial charge in [0, 0.05) is 25.6 Å². The van der Waals surface area contributed by atoms with Crippen molar-refractivity contribution in [2.24, 2.45) is 11.7 Å². The van der Waals surface area contributed by atoms with Gasteiger partial charge in [-0.1, -0.05) is 54.6 Å². The topological polar surface area (TPSA) is 102 Å². The average molecular weight is 524 g/mol. The van der Waals surface area contributed by atoms with E-state index < -0.39 is 5.54 Å². The Morgan fingerprint density at radius 1 is 1.03 bits per heavy atom. The van der Waals surface area contributed by atoms with Crippen LogP contribution in [0.3, 0.4) is 0 Å². The summed E-state index contributed by atoms with van der Waals surface area (Å²) in [7, 11) is 1.37. The second-order valence-corrected chi connectivity index (χ2v) is 11.0. The molecule has 2 amide bonds. The number of nitrogens with two attached hydrogens (primary N) is 1. The Kier molecular flexibility index (Phi) is 6.47. The summed E-state index contributed by atoms with van der Waals surface area (Å²) < 4.78 is 4.92. The van der Waals surface area contributed by atoms with Crippen molar-refractivity contribution in [3.05, 3.63) is 94.5 Å². The van der Waals surface area contributed by atoms with Gasteiger partial charge in [0.2, 0.25) is 11.8 Å². The molecule has 2 atom stereocenters. The summed E-state index contributed by atoms with van der Waals surface area (Å²) in [6.07, 6.45) is 2.99.